The number of hydrogen-bond donors (Lipinski definition) is 0. The zero-order valence-electron chi connectivity index (χ0n) is 10.1. The number of sulfonamides is 1. The second-order valence-corrected chi connectivity index (χ2v) is 6.63. The maximum Gasteiger partial charge on any atom is 0.214 e. The van der Waals surface area contributed by atoms with Crippen molar-refractivity contribution in [3.8, 4) is 0 Å². The summed E-state index contributed by atoms with van der Waals surface area (Å²) in [6.45, 7) is 3.76. The molecule has 0 bridgehead atoms. The summed E-state index contributed by atoms with van der Waals surface area (Å²) in [4.78, 5) is 11.2. The van der Waals surface area contributed by atoms with E-state index < -0.39 is 10.0 Å². The molecule has 0 aromatic rings. The van der Waals surface area contributed by atoms with Crippen molar-refractivity contribution in [2.45, 2.75) is 52.0 Å². The number of carbonyl (C=O) groups excluding carboxylic acids is 1. The van der Waals surface area contributed by atoms with Gasteiger partial charge in [-0.1, -0.05) is 12.8 Å². The second-order valence-electron chi connectivity index (χ2n) is 4.42. The number of nitrogens with zero attached hydrogens (tertiary/aromatic N) is 1. The van der Waals surface area contributed by atoms with Crippen LogP contribution in [0.15, 0.2) is 0 Å². The molecular weight excluding hydrogens is 226 g/mol. The molecule has 16 heavy (non-hydrogen) atoms. The first-order chi connectivity index (χ1) is 7.47. The topological polar surface area (TPSA) is 54.5 Å². The molecule has 1 aliphatic rings. The minimum Gasteiger partial charge on any atom is -0.300 e. The monoisotopic (exact) mass is 247 g/mol. The van der Waals surface area contributed by atoms with Gasteiger partial charge in [0.2, 0.25) is 10.0 Å². The maximum absolute atomic E-state index is 11.9. The summed E-state index contributed by atoms with van der Waals surface area (Å²) in [5.41, 5.74) is 0. The predicted molar refractivity (Wildman–Crippen MR) is 63.7 cm³/mol. The van der Waals surface area contributed by atoms with Gasteiger partial charge in [0.05, 0.1) is 5.75 Å². The number of rotatable bonds is 4. The van der Waals surface area contributed by atoms with Gasteiger partial charge in [-0.05, 0) is 26.7 Å². The van der Waals surface area contributed by atoms with Gasteiger partial charge >= 0.3 is 0 Å². The second kappa shape index (κ2) is 5.77. The lowest BCUT2D eigenvalue weighted by molar-refractivity contribution is -0.117. The molecule has 0 aromatic heterocycles. The summed E-state index contributed by atoms with van der Waals surface area (Å²) in [5.74, 6) is 0.199. The van der Waals surface area contributed by atoms with Crippen molar-refractivity contribution in [1.29, 1.82) is 0 Å². The molecule has 1 rings (SSSR count). The normalized spacial score (nSPS) is 24.0. The van der Waals surface area contributed by atoms with E-state index in [2.05, 4.69) is 0 Å². The number of ketones is 1. The number of Topliss-reactive ketones (excluding diaryl/α,β-unsaturated/α-hetero) is 1. The molecule has 0 aromatic carbocycles. The minimum atomic E-state index is -3.16. The lowest BCUT2D eigenvalue weighted by Crippen LogP contribution is -2.41. The maximum atomic E-state index is 11.9. The van der Waals surface area contributed by atoms with Gasteiger partial charge in [-0.3, -0.25) is 4.79 Å². The Kier molecular flexibility index (Phi) is 4.92. The van der Waals surface area contributed by atoms with Crippen LogP contribution >= 0.6 is 0 Å². The fourth-order valence-electron chi connectivity index (χ4n) is 2.22. The van der Waals surface area contributed by atoms with Gasteiger partial charge in [-0.15, -0.1) is 0 Å². The summed E-state index contributed by atoms with van der Waals surface area (Å²) in [6.07, 6.45) is 4.17. The van der Waals surface area contributed by atoms with E-state index in [1.165, 1.54) is 6.92 Å². The van der Waals surface area contributed by atoms with E-state index in [0.29, 0.717) is 13.0 Å². The average Bonchev–Trinajstić information content (AvgIpc) is 2.43. The molecule has 0 saturated carbocycles. The lowest BCUT2D eigenvalue weighted by Gasteiger charge is -2.27. The molecule has 0 amide bonds. The smallest absolute Gasteiger partial charge is 0.214 e. The van der Waals surface area contributed by atoms with Crippen LogP contribution in [-0.4, -0.2) is 36.8 Å². The molecule has 4 nitrogen and oxygen atoms in total. The van der Waals surface area contributed by atoms with Crippen LogP contribution in [0.3, 0.4) is 0 Å². The van der Waals surface area contributed by atoms with Crippen LogP contribution in [0.25, 0.3) is 0 Å². The highest BCUT2D eigenvalue weighted by atomic mass is 32.2. The summed E-state index contributed by atoms with van der Waals surface area (Å²) >= 11 is 0. The highest BCUT2D eigenvalue weighted by Crippen LogP contribution is 2.22. The Bertz CT molecular complexity index is 337. The molecule has 1 heterocycles. The van der Waals surface area contributed by atoms with E-state index in [-0.39, 0.29) is 17.6 Å². The molecule has 1 unspecified atom stereocenters. The third-order valence-electron chi connectivity index (χ3n) is 3.07. The van der Waals surface area contributed by atoms with Crippen LogP contribution < -0.4 is 0 Å². The van der Waals surface area contributed by atoms with Crippen molar-refractivity contribution in [3.63, 3.8) is 0 Å². The van der Waals surface area contributed by atoms with Crippen LogP contribution in [0.4, 0.5) is 0 Å². The number of carbonyl (C=O) groups is 1. The first-order valence-electron chi connectivity index (χ1n) is 5.96. The standard InChI is InChI=1S/C11H21NO3S/c1-3-16(14,15)12-8-6-4-5-7-11(12)9-10(2)13/h11H,3-9H2,1-2H3. The zero-order chi connectivity index (χ0) is 12.2. The van der Waals surface area contributed by atoms with Crippen molar-refractivity contribution in [2.75, 3.05) is 12.3 Å². The molecule has 5 heteroatoms. The third kappa shape index (κ3) is 3.56. The third-order valence-corrected chi connectivity index (χ3v) is 4.99. The summed E-state index contributed by atoms with van der Waals surface area (Å²) < 4.78 is 25.4. The Labute approximate surface area is 98.1 Å². The van der Waals surface area contributed by atoms with Gasteiger partial charge in [0.15, 0.2) is 0 Å². The summed E-state index contributed by atoms with van der Waals surface area (Å²) in [6, 6.07) is -0.107. The molecule has 0 spiro atoms. The van der Waals surface area contributed by atoms with E-state index in [1.807, 2.05) is 0 Å². The van der Waals surface area contributed by atoms with Gasteiger partial charge in [0, 0.05) is 19.0 Å². The fourth-order valence-corrected chi connectivity index (χ4v) is 3.59. The molecule has 1 saturated heterocycles. The average molecular weight is 247 g/mol. The van der Waals surface area contributed by atoms with Crippen LogP contribution in [0.1, 0.15) is 46.0 Å². The van der Waals surface area contributed by atoms with Crippen molar-refractivity contribution < 1.29 is 13.2 Å². The molecule has 0 N–H and O–H groups in total. The fraction of sp³-hybridized carbons (Fsp3) is 0.909. The summed E-state index contributed by atoms with van der Waals surface area (Å²) in [5, 5.41) is 0. The van der Waals surface area contributed by atoms with Crippen molar-refractivity contribution >= 4 is 15.8 Å². The van der Waals surface area contributed by atoms with E-state index in [1.54, 1.807) is 11.2 Å². The van der Waals surface area contributed by atoms with Gasteiger partial charge in [0.1, 0.15) is 5.78 Å². The van der Waals surface area contributed by atoms with Crippen molar-refractivity contribution in [2.24, 2.45) is 0 Å². The Balaban J connectivity index is 2.85. The highest BCUT2D eigenvalue weighted by molar-refractivity contribution is 7.89. The van der Waals surface area contributed by atoms with E-state index in [4.69, 9.17) is 0 Å². The lowest BCUT2D eigenvalue weighted by atomic mass is 10.1. The van der Waals surface area contributed by atoms with Gasteiger partial charge in [0.25, 0.3) is 0 Å². The first kappa shape index (κ1) is 13.6. The minimum absolute atomic E-state index is 0.0724. The molecule has 0 aliphatic carbocycles. The van der Waals surface area contributed by atoms with Crippen LogP contribution in [-0.2, 0) is 14.8 Å². The molecule has 1 atom stereocenters. The van der Waals surface area contributed by atoms with Gasteiger partial charge in [-0.2, -0.15) is 4.31 Å². The van der Waals surface area contributed by atoms with E-state index in [9.17, 15) is 13.2 Å². The van der Waals surface area contributed by atoms with Crippen molar-refractivity contribution in [1.82, 2.24) is 4.31 Å². The SMILES string of the molecule is CCS(=O)(=O)N1CCCCCC1CC(C)=O. The van der Waals surface area contributed by atoms with Gasteiger partial charge < -0.3 is 0 Å². The summed E-state index contributed by atoms with van der Waals surface area (Å²) in [7, 11) is -3.16. The highest BCUT2D eigenvalue weighted by Gasteiger charge is 2.30. The van der Waals surface area contributed by atoms with Crippen LogP contribution in [0.5, 0.6) is 0 Å². The Morgan fingerprint density at radius 1 is 1.31 bits per heavy atom. The molecule has 1 fully saturated rings. The Morgan fingerprint density at radius 3 is 2.56 bits per heavy atom. The molecular formula is C11H21NO3S. The molecule has 94 valence electrons. The predicted octanol–water partition coefficient (Wildman–Crippen LogP) is 1.56. The molecule has 1 aliphatic heterocycles. The van der Waals surface area contributed by atoms with Crippen molar-refractivity contribution in [3.05, 3.63) is 0 Å². The van der Waals surface area contributed by atoms with Crippen LogP contribution in [0, 0.1) is 0 Å². The molecule has 0 radical (unpaired) electrons. The zero-order valence-corrected chi connectivity index (χ0v) is 10.9. The largest absolute Gasteiger partial charge is 0.300 e. The van der Waals surface area contributed by atoms with Crippen LogP contribution in [0.2, 0.25) is 0 Å². The Hall–Kier alpha value is -0.420. The van der Waals surface area contributed by atoms with E-state index in [0.717, 1.165) is 25.7 Å². The number of hydrogen-bond acceptors (Lipinski definition) is 3. The first-order valence-corrected chi connectivity index (χ1v) is 7.57. The quantitative estimate of drug-likeness (QED) is 0.757. The van der Waals surface area contributed by atoms with E-state index >= 15 is 0 Å². The van der Waals surface area contributed by atoms with Gasteiger partial charge in [-0.25, -0.2) is 8.42 Å². The Morgan fingerprint density at radius 2 is 2.00 bits per heavy atom.